The van der Waals surface area contributed by atoms with Crippen molar-refractivity contribution in [3.8, 4) is 11.8 Å². The van der Waals surface area contributed by atoms with Gasteiger partial charge in [-0.05, 0) is 37.0 Å². The molecule has 0 heterocycles. The van der Waals surface area contributed by atoms with Gasteiger partial charge in [0.25, 0.3) is 0 Å². The third-order valence-electron chi connectivity index (χ3n) is 3.85. The third-order valence-corrected chi connectivity index (χ3v) is 5.08. The number of thioether (sulfide) groups is 1. The normalized spacial score (nSPS) is 17.6. The zero-order chi connectivity index (χ0) is 14.4. The summed E-state index contributed by atoms with van der Waals surface area (Å²) in [4.78, 5) is 1.06. The van der Waals surface area contributed by atoms with Crippen molar-refractivity contribution < 1.29 is 10.2 Å². The van der Waals surface area contributed by atoms with Crippen LogP contribution in [0.4, 0.5) is 0 Å². The molecule has 1 aliphatic rings. The first-order valence-electron chi connectivity index (χ1n) is 7.21. The van der Waals surface area contributed by atoms with Gasteiger partial charge >= 0.3 is 0 Å². The Kier molecular flexibility index (Phi) is 5.75. The van der Waals surface area contributed by atoms with Gasteiger partial charge in [0.15, 0.2) is 0 Å². The lowest BCUT2D eigenvalue weighted by atomic mass is 9.91. The van der Waals surface area contributed by atoms with E-state index in [4.69, 9.17) is 5.26 Å². The van der Waals surface area contributed by atoms with E-state index >= 15 is 0 Å². The molecule has 0 aliphatic heterocycles. The lowest BCUT2D eigenvalue weighted by Gasteiger charge is -2.21. The summed E-state index contributed by atoms with van der Waals surface area (Å²) >= 11 is 1.78. The maximum absolute atomic E-state index is 9.85. The Morgan fingerprint density at radius 2 is 2.05 bits per heavy atom. The first kappa shape index (κ1) is 15.2. The molecular weight excluding hydrogens is 270 g/mol. The number of aromatic hydroxyl groups is 1. The number of aliphatic hydroxyl groups is 1. The molecule has 1 atom stereocenters. The molecule has 0 radical (unpaired) electrons. The molecule has 0 saturated heterocycles. The summed E-state index contributed by atoms with van der Waals surface area (Å²) in [5, 5.41) is 28.3. The number of hydrogen-bond acceptors (Lipinski definition) is 4. The van der Waals surface area contributed by atoms with Crippen LogP contribution in [0.1, 0.15) is 50.2 Å². The monoisotopic (exact) mass is 291 g/mol. The highest BCUT2D eigenvalue weighted by molar-refractivity contribution is 7.99. The topological polar surface area (TPSA) is 64.2 Å². The second-order valence-corrected chi connectivity index (χ2v) is 6.51. The molecule has 2 N–H and O–H groups in total. The highest BCUT2D eigenvalue weighted by Crippen LogP contribution is 2.34. The van der Waals surface area contributed by atoms with Crippen molar-refractivity contribution >= 4 is 11.8 Å². The van der Waals surface area contributed by atoms with E-state index in [1.807, 2.05) is 18.2 Å². The van der Waals surface area contributed by atoms with Gasteiger partial charge in [0.2, 0.25) is 0 Å². The fraction of sp³-hybridized carbons (Fsp3) is 0.562. The molecule has 0 bridgehead atoms. The van der Waals surface area contributed by atoms with E-state index in [1.165, 1.54) is 32.1 Å². The number of nitriles is 1. The van der Waals surface area contributed by atoms with E-state index < -0.39 is 6.10 Å². The van der Waals surface area contributed by atoms with Crippen molar-refractivity contribution in [2.24, 2.45) is 5.92 Å². The van der Waals surface area contributed by atoms with Gasteiger partial charge in [-0.2, -0.15) is 5.26 Å². The van der Waals surface area contributed by atoms with Crippen LogP contribution in [0.5, 0.6) is 5.75 Å². The van der Waals surface area contributed by atoms with Gasteiger partial charge < -0.3 is 10.2 Å². The van der Waals surface area contributed by atoms with Gasteiger partial charge in [0.05, 0.1) is 18.6 Å². The molecule has 1 aromatic rings. The van der Waals surface area contributed by atoms with Crippen LogP contribution in [0.25, 0.3) is 0 Å². The minimum atomic E-state index is -0.907. The molecular formula is C16H21NO2S. The van der Waals surface area contributed by atoms with E-state index in [9.17, 15) is 10.2 Å². The fourth-order valence-electron chi connectivity index (χ4n) is 2.65. The first-order valence-corrected chi connectivity index (χ1v) is 8.20. The molecule has 0 spiro atoms. The standard InChI is InChI=1S/C16H21NO2S/c17-9-8-16(19)14-10-13(6-7-15(14)18)20-11-12-4-2-1-3-5-12/h6-7,10,12,16,18-19H,1-5,8,11H2. The molecule has 1 fully saturated rings. The van der Waals surface area contributed by atoms with Gasteiger partial charge in [-0.15, -0.1) is 11.8 Å². The molecule has 0 amide bonds. The molecule has 3 nitrogen and oxygen atoms in total. The Bertz CT molecular complexity index is 478. The number of aliphatic hydroxyl groups excluding tert-OH is 1. The molecule has 1 saturated carbocycles. The molecule has 1 aromatic carbocycles. The number of phenolic OH excluding ortho intramolecular Hbond substituents is 1. The quantitative estimate of drug-likeness (QED) is 0.804. The predicted octanol–water partition coefficient (Wildman–Crippen LogP) is 4.01. The van der Waals surface area contributed by atoms with Crippen molar-refractivity contribution in [2.75, 3.05) is 5.75 Å². The lowest BCUT2D eigenvalue weighted by Crippen LogP contribution is -2.08. The van der Waals surface area contributed by atoms with Crippen molar-refractivity contribution in [1.29, 1.82) is 5.26 Å². The van der Waals surface area contributed by atoms with E-state index in [-0.39, 0.29) is 12.2 Å². The SMILES string of the molecule is N#CCC(O)c1cc(SCC2CCCCC2)ccc1O. The first-order chi connectivity index (χ1) is 9.70. The zero-order valence-electron chi connectivity index (χ0n) is 11.6. The van der Waals surface area contributed by atoms with Crippen LogP contribution < -0.4 is 0 Å². The minimum Gasteiger partial charge on any atom is -0.508 e. The fourth-order valence-corrected chi connectivity index (χ4v) is 3.79. The van der Waals surface area contributed by atoms with Crippen LogP contribution >= 0.6 is 11.8 Å². The van der Waals surface area contributed by atoms with Gasteiger partial charge in [-0.25, -0.2) is 0 Å². The summed E-state index contributed by atoms with van der Waals surface area (Å²) in [6.45, 7) is 0. The van der Waals surface area contributed by atoms with Crippen LogP contribution in [0.3, 0.4) is 0 Å². The van der Waals surface area contributed by atoms with Crippen LogP contribution in [-0.4, -0.2) is 16.0 Å². The second-order valence-electron chi connectivity index (χ2n) is 5.41. The lowest BCUT2D eigenvalue weighted by molar-refractivity contribution is 0.179. The summed E-state index contributed by atoms with van der Waals surface area (Å²) in [5.41, 5.74) is 0.459. The Morgan fingerprint density at radius 1 is 1.30 bits per heavy atom. The number of phenols is 1. The number of nitrogens with zero attached hydrogens (tertiary/aromatic N) is 1. The Morgan fingerprint density at radius 3 is 2.75 bits per heavy atom. The van der Waals surface area contributed by atoms with E-state index in [0.717, 1.165) is 16.6 Å². The smallest absolute Gasteiger partial charge is 0.121 e. The number of benzene rings is 1. The third kappa shape index (κ3) is 4.16. The summed E-state index contributed by atoms with van der Waals surface area (Å²) in [6, 6.07) is 7.23. The van der Waals surface area contributed by atoms with Crippen molar-refractivity contribution in [3.63, 3.8) is 0 Å². The van der Waals surface area contributed by atoms with Crippen LogP contribution in [-0.2, 0) is 0 Å². The second kappa shape index (κ2) is 7.56. The van der Waals surface area contributed by atoms with E-state index in [2.05, 4.69) is 0 Å². The Balaban J connectivity index is 1.98. The van der Waals surface area contributed by atoms with Crippen LogP contribution in [0.2, 0.25) is 0 Å². The van der Waals surface area contributed by atoms with Crippen molar-refractivity contribution in [2.45, 2.75) is 49.5 Å². The van der Waals surface area contributed by atoms with Gasteiger partial charge in [-0.3, -0.25) is 0 Å². The summed E-state index contributed by atoms with van der Waals surface area (Å²) in [6.07, 6.45) is 5.77. The molecule has 1 aliphatic carbocycles. The zero-order valence-corrected chi connectivity index (χ0v) is 12.4. The molecule has 4 heteroatoms. The predicted molar refractivity (Wildman–Crippen MR) is 80.6 cm³/mol. The number of rotatable bonds is 5. The highest BCUT2D eigenvalue weighted by Gasteiger charge is 2.16. The summed E-state index contributed by atoms with van der Waals surface area (Å²) < 4.78 is 0. The Labute approximate surface area is 124 Å². The molecule has 108 valence electrons. The summed E-state index contributed by atoms with van der Waals surface area (Å²) in [5.74, 6) is 1.95. The van der Waals surface area contributed by atoms with Crippen molar-refractivity contribution in [3.05, 3.63) is 23.8 Å². The van der Waals surface area contributed by atoms with Crippen LogP contribution in [0.15, 0.2) is 23.1 Å². The highest BCUT2D eigenvalue weighted by atomic mass is 32.2. The van der Waals surface area contributed by atoms with Gasteiger partial charge in [0, 0.05) is 16.2 Å². The van der Waals surface area contributed by atoms with E-state index in [1.54, 1.807) is 17.8 Å². The maximum atomic E-state index is 9.85. The Hall–Kier alpha value is -1.18. The van der Waals surface area contributed by atoms with Crippen molar-refractivity contribution in [1.82, 2.24) is 0 Å². The minimum absolute atomic E-state index is 0.00427. The molecule has 0 aromatic heterocycles. The molecule has 1 unspecified atom stereocenters. The number of hydrogen-bond donors (Lipinski definition) is 2. The average molecular weight is 291 g/mol. The molecule has 2 rings (SSSR count). The maximum Gasteiger partial charge on any atom is 0.121 e. The van der Waals surface area contributed by atoms with Crippen LogP contribution in [0, 0.1) is 17.2 Å². The van der Waals surface area contributed by atoms with E-state index in [0.29, 0.717) is 5.56 Å². The largest absolute Gasteiger partial charge is 0.508 e. The van der Waals surface area contributed by atoms with Gasteiger partial charge in [-0.1, -0.05) is 19.3 Å². The molecule has 20 heavy (non-hydrogen) atoms. The summed E-state index contributed by atoms with van der Waals surface area (Å²) in [7, 11) is 0. The average Bonchev–Trinajstić information content (AvgIpc) is 2.47. The van der Waals surface area contributed by atoms with Gasteiger partial charge in [0.1, 0.15) is 5.75 Å².